The molecular weight excluding hydrogens is 309 g/mol. The Morgan fingerprint density at radius 2 is 1.90 bits per heavy atom. The molecule has 4 rings (SSSR count). The summed E-state index contributed by atoms with van der Waals surface area (Å²) in [4.78, 5) is 7.24. The fraction of sp³-hybridized carbons (Fsp3) is 0.857. The predicted octanol–water partition coefficient (Wildman–Crippen LogP) is 1.92. The molecule has 5 nitrogen and oxygen atoms in total. The number of piperidine rings is 1. The third kappa shape index (κ3) is 3.07. The number of aromatic nitrogens is 3. The quantitative estimate of drug-likeness (QED) is 0.868. The lowest BCUT2D eigenvalue weighted by atomic mass is 9.70. The van der Waals surface area contributed by atoms with E-state index in [2.05, 4.69) is 27.5 Å². The van der Waals surface area contributed by atoms with E-state index in [-0.39, 0.29) is 24.8 Å². The molecule has 2 aliphatic heterocycles. The van der Waals surface area contributed by atoms with Gasteiger partial charge in [-0.05, 0) is 51.2 Å². The normalized spacial score (nSPS) is 28.1. The van der Waals surface area contributed by atoms with Crippen molar-refractivity contribution in [2.75, 3.05) is 33.2 Å². The van der Waals surface area contributed by atoms with E-state index in [4.69, 9.17) is 4.98 Å². The number of nitrogens with zero attached hydrogens (tertiary/aromatic N) is 3. The summed E-state index contributed by atoms with van der Waals surface area (Å²) in [7, 11) is 2.23. The largest absolute Gasteiger partial charge is 0.315 e. The monoisotopic (exact) mass is 333 g/mol. The van der Waals surface area contributed by atoms with Gasteiger partial charge in [-0.15, -0.1) is 24.8 Å². The van der Waals surface area contributed by atoms with Crippen LogP contribution in [0.1, 0.15) is 49.2 Å². The van der Waals surface area contributed by atoms with Gasteiger partial charge in [-0.25, -0.2) is 4.98 Å². The van der Waals surface area contributed by atoms with Crippen LogP contribution in [0.2, 0.25) is 0 Å². The average molecular weight is 334 g/mol. The second kappa shape index (κ2) is 6.41. The van der Waals surface area contributed by atoms with E-state index in [1.807, 2.05) is 0 Å². The molecule has 2 saturated heterocycles. The van der Waals surface area contributed by atoms with E-state index >= 15 is 0 Å². The number of likely N-dealkylation sites (tertiary alicyclic amines) is 1. The highest BCUT2D eigenvalue weighted by atomic mass is 35.5. The third-order valence-corrected chi connectivity index (χ3v) is 5.34. The lowest BCUT2D eigenvalue weighted by Crippen LogP contribution is -2.42. The Morgan fingerprint density at radius 3 is 2.57 bits per heavy atom. The molecule has 3 aliphatic rings. The number of rotatable bonds is 2. The molecule has 1 unspecified atom stereocenters. The van der Waals surface area contributed by atoms with Crippen LogP contribution >= 0.6 is 24.8 Å². The molecule has 3 heterocycles. The lowest BCUT2D eigenvalue weighted by Gasteiger charge is -2.40. The van der Waals surface area contributed by atoms with Gasteiger partial charge in [0.2, 0.25) is 0 Å². The lowest BCUT2D eigenvalue weighted by molar-refractivity contribution is 0.121. The molecule has 21 heavy (non-hydrogen) atoms. The van der Waals surface area contributed by atoms with Crippen LogP contribution < -0.4 is 5.32 Å². The minimum Gasteiger partial charge on any atom is -0.315 e. The maximum absolute atomic E-state index is 4.80. The number of H-pyrrole nitrogens is 1. The Balaban J connectivity index is 0.000000807. The van der Waals surface area contributed by atoms with Crippen LogP contribution in [0.4, 0.5) is 0 Å². The summed E-state index contributed by atoms with van der Waals surface area (Å²) in [5.41, 5.74) is 0.410. The van der Waals surface area contributed by atoms with Crippen LogP contribution in [0.5, 0.6) is 0 Å². The van der Waals surface area contributed by atoms with Crippen molar-refractivity contribution in [2.24, 2.45) is 5.41 Å². The molecule has 3 fully saturated rings. The molecule has 0 amide bonds. The Morgan fingerprint density at radius 1 is 1.19 bits per heavy atom. The summed E-state index contributed by atoms with van der Waals surface area (Å²) >= 11 is 0. The molecule has 1 spiro atoms. The molecule has 1 aliphatic carbocycles. The molecule has 1 saturated carbocycles. The average Bonchev–Trinajstić information content (AvgIpc) is 3.02. The maximum Gasteiger partial charge on any atom is 0.153 e. The number of hydrogen-bond acceptors (Lipinski definition) is 4. The van der Waals surface area contributed by atoms with Crippen LogP contribution in [-0.4, -0.2) is 53.3 Å². The summed E-state index contributed by atoms with van der Waals surface area (Å²) < 4.78 is 0. The molecule has 0 bridgehead atoms. The van der Waals surface area contributed by atoms with Gasteiger partial charge in [0.05, 0.1) is 0 Å². The van der Waals surface area contributed by atoms with Crippen molar-refractivity contribution in [1.29, 1.82) is 0 Å². The van der Waals surface area contributed by atoms with E-state index < -0.39 is 0 Å². The van der Waals surface area contributed by atoms with Gasteiger partial charge >= 0.3 is 0 Å². The van der Waals surface area contributed by atoms with E-state index in [9.17, 15) is 0 Å². The molecule has 1 aromatic rings. The van der Waals surface area contributed by atoms with E-state index in [0.29, 0.717) is 17.3 Å². The molecular formula is C14H25Cl2N5. The van der Waals surface area contributed by atoms with Gasteiger partial charge < -0.3 is 10.2 Å². The minimum absolute atomic E-state index is 0. The van der Waals surface area contributed by atoms with Gasteiger partial charge in [0, 0.05) is 24.9 Å². The molecule has 7 heteroatoms. The first-order chi connectivity index (χ1) is 9.27. The van der Waals surface area contributed by atoms with Crippen molar-refractivity contribution < 1.29 is 0 Å². The van der Waals surface area contributed by atoms with E-state index in [1.54, 1.807) is 0 Å². The first-order valence-corrected chi connectivity index (χ1v) is 7.58. The highest BCUT2D eigenvalue weighted by molar-refractivity contribution is 5.85. The molecule has 120 valence electrons. The fourth-order valence-electron chi connectivity index (χ4n) is 3.75. The summed E-state index contributed by atoms with van der Waals surface area (Å²) in [6.07, 6.45) is 5.10. The summed E-state index contributed by atoms with van der Waals surface area (Å²) in [5, 5.41) is 11.3. The van der Waals surface area contributed by atoms with Gasteiger partial charge in [0.1, 0.15) is 5.82 Å². The highest BCUT2D eigenvalue weighted by Gasteiger charge is 2.46. The first kappa shape index (κ1) is 17.0. The number of halogens is 2. The fourth-order valence-corrected chi connectivity index (χ4v) is 3.75. The van der Waals surface area contributed by atoms with Crippen molar-refractivity contribution in [1.82, 2.24) is 25.4 Å². The van der Waals surface area contributed by atoms with Crippen molar-refractivity contribution in [3.63, 3.8) is 0 Å². The Bertz CT molecular complexity index is 466. The van der Waals surface area contributed by atoms with Crippen LogP contribution in [0.15, 0.2) is 0 Å². The molecule has 1 aromatic heterocycles. The van der Waals surface area contributed by atoms with Crippen molar-refractivity contribution in [3.8, 4) is 0 Å². The van der Waals surface area contributed by atoms with Crippen LogP contribution in [0.3, 0.4) is 0 Å². The molecule has 0 radical (unpaired) electrons. The van der Waals surface area contributed by atoms with Gasteiger partial charge in [0.15, 0.2) is 5.82 Å². The molecule has 1 atom stereocenters. The van der Waals surface area contributed by atoms with Crippen molar-refractivity contribution >= 4 is 24.8 Å². The standard InChI is InChI=1S/C14H23N5.2ClH/c1-19-6-4-14(5-7-19)9-15-8-11(14)13-16-12(17-18-13)10-2-3-10;;/h10-11,15H,2-9H2,1H3,(H,16,17,18);2*1H. The third-order valence-electron chi connectivity index (χ3n) is 5.34. The van der Waals surface area contributed by atoms with Gasteiger partial charge in [-0.2, -0.15) is 5.10 Å². The predicted molar refractivity (Wildman–Crippen MR) is 87.6 cm³/mol. The topological polar surface area (TPSA) is 56.8 Å². The van der Waals surface area contributed by atoms with Crippen LogP contribution in [0.25, 0.3) is 0 Å². The number of nitrogens with one attached hydrogen (secondary N) is 2. The molecule has 2 N–H and O–H groups in total. The second-order valence-electron chi connectivity index (χ2n) is 6.70. The van der Waals surface area contributed by atoms with E-state index in [0.717, 1.165) is 24.7 Å². The Hall–Kier alpha value is -0.360. The van der Waals surface area contributed by atoms with Gasteiger partial charge in [-0.1, -0.05) is 0 Å². The Labute approximate surface area is 138 Å². The Kier molecular flexibility index (Phi) is 5.19. The van der Waals surface area contributed by atoms with Crippen LogP contribution in [0, 0.1) is 5.41 Å². The second-order valence-corrected chi connectivity index (χ2v) is 6.70. The maximum atomic E-state index is 4.80. The zero-order valence-corrected chi connectivity index (χ0v) is 14.1. The number of aromatic amines is 1. The minimum atomic E-state index is 0. The summed E-state index contributed by atoms with van der Waals surface area (Å²) in [6, 6.07) is 0. The van der Waals surface area contributed by atoms with Crippen molar-refractivity contribution in [2.45, 2.75) is 37.5 Å². The van der Waals surface area contributed by atoms with E-state index in [1.165, 1.54) is 38.8 Å². The SMILES string of the molecule is CN1CCC2(CC1)CNCC2c1nc(C2CC2)n[nH]1.Cl.Cl. The first-order valence-electron chi connectivity index (χ1n) is 7.58. The smallest absolute Gasteiger partial charge is 0.153 e. The van der Waals surface area contributed by atoms with Gasteiger partial charge in [0.25, 0.3) is 0 Å². The van der Waals surface area contributed by atoms with Crippen LogP contribution in [-0.2, 0) is 0 Å². The summed E-state index contributed by atoms with van der Waals surface area (Å²) in [5.74, 6) is 3.37. The zero-order chi connectivity index (χ0) is 12.9. The number of hydrogen-bond donors (Lipinski definition) is 2. The van der Waals surface area contributed by atoms with Crippen molar-refractivity contribution in [3.05, 3.63) is 11.6 Å². The summed E-state index contributed by atoms with van der Waals surface area (Å²) in [6.45, 7) is 4.62. The highest BCUT2D eigenvalue weighted by Crippen LogP contribution is 2.46. The molecule has 0 aromatic carbocycles. The zero-order valence-electron chi connectivity index (χ0n) is 12.5. The van der Waals surface area contributed by atoms with Gasteiger partial charge in [-0.3, -0.25) is 5.10 Å².